The van der Waals surface area contributed by atoms with Gasteiger partial charge in [0.25, 0.3) is 11.7 Å². The Morgan fingerprint density at radius 2 is 1.53 bits per heavy atom. The van der Waals surface area contributed by atoms with Crippen molar-refractivity contribution < 1.29 is 53.8 Å². The third-order valence-corrected chi connectivity index (χ3v) is 17.9. The van der Waals surface area contributed by atoms with Gasteiger partial charge in [0.1, 0.15) is 28.6 Å². The number of hydrogen-bond donors (Lipinski definition) is 5. The quantitative estimate of drug-likeness (QED) is 0.189. The number of likely N-dealkylation sites (tertiary alicyclic amines) is 3. The molecule has 1 saturated carbocycles. The van der Waals surface area contributed by atoms with Crippen LogP contribution in [0.25, 0.3) is 10.8 Å². The number of aliphatic hydroxyl groups is 2. The van der Waals surface area contributed by atoms with Crippen LogP contribution in [0.4, 0.5) is 10.5 Å². The minimum atomic E-state index is -1.97. The molecule has 17 heteroatoms. The Hall–Kier alpha value is -5.07. The Morgan fingerprint density at radius 1 is 0.867 bits per heavy atom. The first-order chi connectivity index (χ1) is 35.6. The van der Waals surface area contributed by atoms with Crippen LogP contribution in [0.3, 0.4) is 0 Å². The van der Waals surface area contributed by atoms with Gasteiger partial charge in [0.05, 0.1) is 40.9 Å². The summed E-state index contributed by atoms with van der Waals surface area (Å²) in [5, 5.41) is 51.5. The number of Topliss-reactive ketones (excluding diaryl/α,β-unsaturated/α-hetero) is 1. The second kappa shape index (κ2) is 21.8. The van der Waals surface area contributed by atoms with Crippen molar-refractivity contribution in [2.45, 2.75) is 143 Å². The van der Waals surface area contributed by atoms with Crippen molar-refractivity contribution in [1.29, 1.82) is 0 Å². The molecule has 11 atom stereocenters. The van der Waals surface area contributed by atoms with E-state index in [1.165, 1.54) is 52.4 Å². The van der Waals surface area contributed by atoms with Gasteiger partial charge in [-0.25, -0.2) is 4.79 Å². The van der Waals surface area contributed by atoms with Crippen LogP contribution in [-0.2, 0) is 19.0 Å². The van der Waals surface area contributed by atoms with Crippen LogP contribution < -0.4 is 20.8 Å². The van der Waals surface area contributed by atoms with Crippen molar-refractivity contribution in [3.8, 4) is 17.2 Å². The Kier molecular flexibility index (Phi) is 15.9. The average Bonchev–Trinajstić information content (AvgIpc) is 4.18. The lowest BCUT2D eigenvalue weighted by Gasteiger charge is -2.38. The Bertz CT molecular complexity index is 2730. The van der Waals surface area contributed by atoms with Gasteiger partial charge in [0.15, 0.2) is 11.4 Å². The number of methoxy groups -OCH3 is 1. The molecule has 0 aromatic heterocycles. The van der Waals surface area contributed by atoms with Crippen LogP contribution in [0.15, 0.2) is 46.1 Å². The molecule has 7 aliphatic heterocycles. The highest BCUT2D eigenvalue weighted by atomic mass is 16.7. The molecule has 3 saturated heterocycles. The van der Waals surface area contributed by atoms with Crippen LogP contribution in [0, 0.1) is 54.3 Å². The third-order valence-electron chi connectivity index (χ3n) is 17.9. The molecule has 5 N–H and O–H groups in total. The van der Waals surface area contributed by atoms with Crippen molar-refractivity contribution >= 4 is 34.2 Å². The van der Waals surface area contributed by atoms with E-state index < -0.39 is 83.1 Å². The van der Waals surface area contributed by atoms with Gasteiger partial charge in [-0.2, -0.15) is 0 Å². The Balaban J connectivity index is 1.06. The summed E-state index contributed by atoms with van der Waals surface area (Å²) in [6.07, 6.45) is 11.2. The number of amides is 2. The zero-order valence-corrected chi connectivity index (χ0v) is 45.8. The summed E-state index contributed by atoms with van der Waals surface area (Å²) in [5.74, 6) is -4.49. The molecule has 0 radical (unpaired) electrons. The van der Waals surface area contributed by atoms with Crippen LogP contribution in [0.1, 0.15) is 116 Å². The van der Waals surface area contributed by atoms with E-state index in [0.717, 1.165) is 32.1 Å². The Morgan fingerprint density at radius 3 is 2.19 bits per heavy atom. The average molecular weight is 1040 g/mol. The van der Waals surface area contributed by atoms with Gasteiger partial charge in [-0.1, -0.05) is 79.0 Å². The summed E-state index contributed by atoms with van der Waals surface area (Å²) in [6, 6.07) is 0. The number of ketones is 1. The van der Waals surface area contributed by atoms with Crippen LogP contribution in [0.2, 0.25) is 0 Å². The first-order valence-electron chi connectivity index (χ1n) is 27.7. The summed E-state index contributed by atoms with van der Waals surface area (Å²) in [7, 11) is 1.52. The van der Waals surface area contributed by atoms with E-state index >= 15 is 4.79 Å². The maximum Gasteiger partial charge on any atom is 0.410 e. The summed E-state index contributed by atoms with van der Waals surface area (Å²) >= 11 is 0. The highest BCUT2D eigenvalue weighted by Crippen LogP contribution is 2.50. The number of anilines is 1. The second-order valence-electron chi connectivity index (χ2n) is 23.9. The number of aliphatic hydroxyl groups excluding tert-OH is 2. The van der Waals surface area contributed by atoms with Gasteiger partial charge in [-0.15, -0.1) is 0 Å². The van der Waals surface area contributed by atoms with Crippen LogP contribution in [-0.4, -0.2) is 148 Å². The molecule has 1 aliphatic carbocycles. The number of aromatic hydroxyl groups is 2. The van der Waals surface area contributed by atoms with Gasteiger partial charge in [0, 0.05) is 119 Å². The monoisotopic (exact) mass is 1040 g/mol. The van der Waals surface area contributed by atoms with Crippen molar-refractivity contribution in [3.63, 3.8) is 0 Å². The van der Waals surface area contributed by atoms with Crippen LogP contribution in [0.5, 0.6) is 17.2 Å². The number of fused-ring (bicyclic) bond motifs is 14. The highest BCUT2D eigenvalue weighted by molar-refractivity contribution is 6.19. The molecule has 4 fully saturated rings. The second-order valence-corrected chi connectivity index (χ2v) is 23.9. The van der Waals surface area contributed by atoms with E-state index in [1.807, 2.05) is 20.8 Å². The fourth-order valence-corrected chi connectivity index (χ4v) is 13.3. The molecule has 8 aliphatic rings. The third kappa shape index (κ3) is 10.6. The highest BCUT2D eigenvalue weighted by Gasteiger charge is 2.51. The number of hydrogen-bond acceptors (Lipinski definition) is 15. The number of rotatable bonds is 6. The van der Waals surface area contributed by atoms with E-state index in [0.29, 0.717) is 56.8 Å². The topological polar surface area (TPSA) is 216 Å². The molecule has 0 unspecified atom stereocenters. The summed E-state index contributed by atoms with van der Waals surface area (Å²) in [4.78, 5) is 60.6. The maximum absolute atomic E-state index is 15.0. The lowest BCUT2D eigenvalue weighted by atomic mass is 9.78. The fraction of sp³-hybridized carbons (Fsp3) is 0.672. The van der Waals surface area contributed by atoms with E-state index in [1.54, 1.807) is 50.0 Å². The van der Waals surface area contributed by atoms with E-state index in [4.69, 9.17) is 28.9 Å². The lowest BCUT2D eigenvalue weighted by molar-refractivity contribution is -0.112. The predicted octanol–water partition coefficient (Wildman–Crippen LogP) is 6.77. The summed E-state index contributed by atoms with van der Waals surface area (Å²) < 4.78 is 25.2. The molecule has 10 rings (SSSR count). The first-order valence-corrected chi connectivity index (χ1v) is 27.7. The molecule has 2 aromatic carbocycles. The van der Waals surface area contributed by atoms with Gasteiger partial charge >= 0.3 is 11.9 Å². The molecule has 7 heterocycles. The zero-order chi connectivity index (χ0) is 53.8. The largest absolute Gasteiger partial charge is 0.507 e. The van der Waals surface area contributed by atoms with Crippen molar-refractivity contribution in [1.82, 2.24) is 14.7 Å². The number of phenols is 2. The van der Waals surface area contributed by atoms with Gasteiger partial charge in [0.2, 0.25) is 0 Å². The maximum atomic E-state index is 15.0. The SMILES string of the molecule is CO[C@H]1/C=C/O[C@@]2(C)Oc3c(C)c(O)c4c(O)c(c5c(c4c3C2=O)=NC2(CCN(CC(C)C)CC2)N=5)NC(=O)/C(C)=C\C=C\[C@H](C)[C@H](O)[C@@H](C)[C@@H](O)[C@@H](C)[C@H](OC(=O)N2C[C@H]3CN(CC4CCCCC4)C[C@H]3C2)[C@@H]1C. The van der Waals surface area contributed by atoms with Crippen LogP contribution >= 0.6 is 0 Å². The van der Waals surface area contributed by atoms with Gasteiger partial charge in [-0.05, 0) is 56.4 Å². The smallest absolute Gasteiger partial charge is 0.410 e. The van der Waals surface area contributed by atoms with Crippen molar-refractivity contribution in [2.75, 3.05) is 64.8 Å². The molecule has 75 heavy (non-hydrogen) atoms. The van der Waals surface area contributed by atoms with E-state index in [-0.39, 0.29) is 55.4 Å². The molecular formula is C58H82N6O11. The number of nitrogens with one attached hydrogen (secondary N) is 1. The number of benzene rings is 2. The van der Waals surface area contributed by atoms with Gasteiger partial charge in [-0.3, -0.25) is 19.6 Å². The first kappa shape index (κ1) is 54.7. The van der Waals surface area contributed by atoms with Gasteiger partial charge < -0.3 is 59.4 Å². The van der Waals surface area contributed by atoms with E-state index in [2.05, 4.69) is 29.0 Å². The predicted molar refractivity (Wildman–Crippen MR) is 284 cm³/mol. The number of carbonyl (C=O) groups excluding carboxylic acids is 3. The van der Waals surface area contributed by atoms with Crippen molar-refractivity contribution in [3.05, 3.63) is 58.0 Å². The molecular weight excluding hydrogens is 957 g/mol. The molecule has 5 bridgehead atoms. The minimum absolute atomic E-state index is 0.0457. The molecule has 17 nitrogen and oxygen atoms in total. The van der Waals surface area contributed by atoms with Crippen molar-refractivity contribution in [2.24, 2.45) is 57.3 Å². The number of piperidine rings is 1. The fourth-order valence-electron chi connectivity index (χ4n) is 13.3. The van der Waals surface area contributed by atoms with E-state index in [9.17, 15) is 30.0 Å². The molecule has 410 valence electrons. The Labute approximate surface area is 441 Å². The normalized spacial score (nSPS) is 34.4. The molecule has 1 spiro atoms. The zero-order valence-electron chi connectivity index (χ0n) is 45.8. The number of carbonyl (C=O) groups is 3. The number of allylic oxidation sites excluding steroid dienone is 2. The number of phenolic OH excluding ortho intramolecular Hbond substituents is 2. The summed E-state index contributed by atoms with van der Waals surface area (Å²) in [6.45, 7) is 22.8. The minimum Gasteiger partial charge on any atom is -0.507 e. The molecule has 2 aromatic rings. The number of ether oxygens (including phenoxy) is 4. The number of nitrogens with zero attached hydrogens (tertiary/aromatic N) is 5. The summed E-state index contributed by atoms with van der Waals surface area (Å²) in [5.41, 5.74) is -0.549. The standard InChI is InChI=1S/C58H82N6O11/c1-31(2)25-62-22-20-58(21-23-62)60-45-42-43-50(67)37(8)53-44(42)54(69)57(9,75-53)73-24-19-41(72-10)34(5)52(74-56(71)64-29-39-27-63(28-40(39)30-64)26-38-17-12-11-13-18-38)36(7)49(66)35(6)48(65)32(3)15-14-16-33(4)55(70)59-47(51(43)68)46(45)61-58/h14-16,19,24,31-32,34-36,38-41,48-49,52,65-68H,11-13,17-18,20-23,25-30H2,1-10H3,(H,59,70)/b15-14+,24-19+,33-16-/t32-,34+,35+,36+,39-,40+,41-,48-,49+,52+,57-/m0/s1. The molecule has 2 amide bonds. The lowest BCUT2D eigenvalue weighted by Crippen LogP contribution is -2.48.